The summed E-state index contributed by atoms with van der Waals surface area (Å²) in [6.07, 6.45) is 7.21. The van der Waals surface area contributed by atoms with Gasteiger partial charge in [-0.25, -0.2) is 4.79 Å². The molecule has 7 heteroatoms. The second kappa shape index (κ2) is 8.84. The third kappa shape index (κ3) is 4.72. The average Bonchev–Trinajstić information content (AvgIpc) is 3.58. The standard InChI is InChI=1S/C23H34N4O3/c1-30-20-4-2-3-18(15-20)25-22(29)27-11-7-19(8-12-27)26-13-9-23(10-14-26,21(24)28)16-17-5-6-17/h2-4,15,17,19H,5-14,16H2,1H3,(H2,24,28)(H,25,29). The average molecular weight is 415 g/mol. The number of amides is 3. The molecule has 2 aliphatic heterocycles. The minimum atomic E-state index is -0.283. The van der Waals surface area contributed by atoms with Crippen molar-refractivity contribution in [1.82, 2.24) is 9.80 Å². The van der Waals surface area contributed by atoms with Crippen LogP contribution in [0.2, 0.25) is 0 Å². The fourth-order valence-electron chi connectivity index (χ4n) is 5.08. The zero-order valence-electron chi connectivity index (χ0n) is 17.9. The van der Waals surface area contributed by atoms with E-state index in [-0.39, 0.29) is 17.4 Å². The molecule has 30 heavy (non-hydrogen) atoms. The van der Waals surface area contributed by atoms with Gasteiger partial charge in [0.1, 0.15) is 5.75 Å². The van der Waals surface area contributed by atoms with Crippen LogP contribution in [0, 0.1) is 11.3 Å². The molecule has 0 spiro atoms. The van der Waals surface area contributed by atoms with E-state index in [1.807, 2.05) is 29.2 Å². The highest BCUT2D eigenvalue weighted by molar-refractivity contribution is 5.89. The molecule has 3 amide bonds. The lowest BCUT2D eigenvalue weighted by atomic mass is 9.73. The van der Waals surface area contributed by atoms with Crippen LogP contribution in [-0.4, -0.2) is 61.1 Å². The van der Waals surface area contributed by atoms with E-state index in [1.54, 1.807) is 7.11 Å². The Morgan fingerprint density at radius 3 is 2.43 bits per heavy atom. The van der Waals surface area contributed by atoms with Gasteiger partial charge < -0.3 is 25.6 Å². The molecule has 3 aliphatic rings. The monoisotopic (exact) mass is 414 g/mol. The summed E-state index contributed by atoms with van der Waals surface area (Å²) < 4.78 is 5.22. The van der Waals surface area contributed by atoms with Gasteiger partial charge in [-0.15, -0.1) is 0 Å². The maximum Gasteiger partial charge on any atom is 0.321 e. The van der Waals surface area contributed by atoms with Gasteiger partial charge in [-0.2, -0.15) is 0 Å². The minimum Gasteiger partial charge on any atom is -0.497 e. The zero-order chi connectivity index (χ0) is 21.1. The van der Waals surface area contributed by atoms with Crippen molar-refractivity contribution >= 4 is 17.6 Å². The van der Waals surface area contributed by atoms with E-state index in [1.165, 1.54) is 12.8 Å². The largest absolute Gasteiger partial charge is 0.497 e. The molecule has 1 aromatic carbocycles. The fourth-order valence-corrected chi connectivity index (χ4v) is 5.08. The highest BCUT2D eigenvalue weighted by Gasteiger charge is 2.44. The van der Waals surface area contributed by atoms with Crippen molar-refractivity contribution in [1.29, 1.82) is 0 Å². The molecule has 2 heterocycles. The number of methoxy groups -OCH3 is 1. The molecule has 1 aromatic rings. The van der Waals surface area contributed by atoms with Crippen molar-refractivity contribution in [3.8, 4) is 5.75 Å². The van der Waals surface area contributed by atoms with Crippen molar-refractivity contribution in [2.75, 3.05) is 38.6 Å². The number of hydrogen-bond acceptors (Lipinski definition) is 4. The van der Waals surface area contributed by atoms with Crippen LogP contribution < -0.4 is 15.8 Å². The number of benzene rings is 1. The van der Waals surface area contributed by atoms with Crippen molar-refractivity contribution in [3.63, 3.8) is 0 Å². The van der Waals surface area contributed by atoms with Crippen LogP contribution in [-0.2, 0) is 4.79 Å². The van der Waals surface area contributed by atoms with Gasteiger partial charge in [0.25, 0.3) is 0 Å². The Labute approximate surface area is 178 Å². The number of ether oxygens (including phenoxy) is 1. The number of nitrogens with zero attached hydrogens (tertiary/aromatic N) is 2. The van der Waals surface area contributed by atoms with Crippen LogP contribution in [0.25, 0.3) is 0 Å². The first-order valence-corrected chi connectivity index (χ1v) is 11.2. The second-order valence-corrected chi connectivity index (χ2v) is 9.21. The fraction of sp³-hybridized carbons (Fsp3) is 0.652. The Morgan fingerprint density at radius 1 is 1.13 bits per heavy atom. The lowest BCUT2D eigenvalue weighted by Crippen LogP contribution is -2.53. The van der Waals surface area contributed by atoms with Gasteiger partial charge in [0.2, 0.25) is 5.91 Å². The molecular weight excluding hydrogens is 380 g/mol. The maximum atomic E-state index is 12.6. The van der Waals surface area contributed by atoms with Crippen LogP contribution in [0.1, 0.15) is 44.9 Å². The second-order valence-electron chi connectivity index (χ2n) is 9.21. The molecule has 2 saturated heterocycles. The Balaban J connectivity index is 1.25. The molecule has 1 aliphatic carbocycles. The minimum absolute atomic E-state index is 0.0578. The molecule has 7 nitrogen and oxygen atoms in total. The molecule has 0 unspecified atom stereocenters. The van der Waals surface area contributed by atoms with Crippen molar-refractivity contribution < 1.29 is 14.3 Å². The molecule has 164 valence electrons. The third-order valence-corrected chi connectivity index (χ3v) is 7.24. The number of urea groups is 1. The first kappa shape index (κ1) is 21.0. The summed E-state index contributed by atoms with van der Waals surface area (Å²) in [6, 6.07) is 7.85. The van der Waals surface area contributed by atoms with Crippen LogP contribution in [0.5, 0.6) is 5.75 Å². The van der Waals surface area contributed by atoms with E-state index < -0.39 is 0 Å². The molecular formula is C23H34N4O3. The summed E-state index contributed by atoms with van der Waals surface area (Å²) in [5.41, 5.74) is 6.28. The number of primary amides is 1. The summed E-state index contributed by atoms with van der Waals surface area (Å²) >= 11 is 0. The van der Waals surface area contributed by atoms with Gasteiger partial charge in [0.05, 0.1) is 12.5 Å². The smallest absolute Gasteiger partial charge is 0.321 e. The summed E-state index contributed by atoms with van der Waals surface area (Å²) in [5.74, 6) is 1.35. The van der Waals surface area contributed by atoms with Crippen LogP contribution >= 0.6 is 0 Å². The molecule has 1 saturated carbocycles. The predicted octanol–water partition coefficient (Wildman–Crippen LogP) is 3.06. The molecule has 0 aromatic heterocycles. The molecule has 3 fully saturated rings. The highest BCUT2D eigenvalue weighted by Crippen LogP contribution is 2.46. The Kier molecular flexibility index (Phi) is 6.18. The number of rotatable bonds is 6. The summed E-state index contributed by atoms with van der Waals surface area (Å²) in [6.45, 7) is 3.38. The summed E-state index contributed by atoms with van der Waals surface area (Å²) in [7, 11) is 1.62. The first-order chi connectivity index (χ1) is 14.5. The van der Waals surface area contributed by atoms with E-state index in [4.69, 9.17) is 10.5 Å². The number of nitrogens with one attached hydrogen (secondary N) is 1. The number of nitrogens with two attached hydrogens (primary N) is 1. The topological polar surface area (TPSA) is 87.9 Å². The van der Waals surface area contributed by atoms with Crippen molar-refractivity contribution in [3.05, 3.63) is 24.3 Å². The van der Waals surface area contributed by atoms with Gasteiger partial charge in [-0.3, -0.25) is 4.79 Å². The number of likely N-dealkylation sites (tertiary alicyclic amines) is 2. The van der Waals surface area contributed by atoms with E-state index in [9.17, 15) is 9.59 Å². The van der Waals surface area contributed by atoms with Crippen LogP contribution in [0.15, 0.2) is 24.3 Å². The Morgan fingerprint density at radius 2 is 1.83 bits per heavy atom. The Hall–Kier alpha value is -2.28. The molecule has 0 atom stereocenters. The van der Waals surface area contributed by atoms with Crippen LogP contribution in [0.3, 0.4) is 0 Å². The lowest BCUT2D eigenvalue weighted by Gasteiger charge is -2.45. The maximum absolute atomic E-state index is 12.6. The SMILES string of the molecule is COc1cccc(NC(=O)N2CCC(N3CCC(CC4CC4)(C(N)=O)CC3)CC2)c1. The molecule has 4 rings (SSSR count). The first-order valence-electron chi connectivity index (χ1n) is 11.2. The lowest BCUT2D eigenvalue weighted by molar-refractivity contribution is -0.132. The van der Waals surface area contributed by atoms with Gasteiger partial charge in [-0.1, -0.05) is 18.9 Å². The van der Waals surface area contributed by atoms with E-state index >= 15 is 0 Å². The van der Waals surface area contributed by atoms with E-state index in [0.29, 0.717) is 6.04 Å². The van der Waals surface area contributed by atoms with Gasteiger partial charge in [-0.05, 0) is 63.2 Å². The van der Waals surface area contributed by atoms with Gasteiger partial charge in [0.15, 0.2) is 0 Å². The normalized spacial score (nSPS) is 22.5. The highest BCUT2D eigenvalue weighted by atomic mass is 16.5. The van der Waals surface area contributed by atoms with Crippen molar-refractivity contribution in [2.24, 2.45) is 17.1 Å². The van der Waals surface area contributed by atoms with Crippen molar-refractivity contribution in [2.45, 2.75) is 51.0 Å². The third-order valence-electron chi connectivity index (χ3n) is 7.24. The molecule has 3 N–H and O–H groups in total. The predicted molar refractivity (Wildman–Crippen MR) is 116 cm³/mol. The summed E-state index contributed by atoms with van der Waals surface area (Å²) in [5, 5.41) is 2.97. The molecule has 0 radical (unpaired) electrons. The summed E-state index contributed by atoms with van der Waals surface area (Å²) in [4.78, 5) is 29.2. The number of carbonyl (C=O) groups excluding carboxylic acids is 2. The van der Waals surface area contributed by atoms with Gasteiger partial charge >= 0.3 is 6.03 Å². The van der Waals surface area contributed by atoms with Crippen LogP contribution in [0.4, 0.5) is 10.5 Å². The number of carbonyl (C=O) groups is 2. The quantitative estimate of drug-likeness (QED) is 0.749. The van der Waals surface area contributed by atoms with E-state index in [2.05, 4.69) is 10.2 Å². The zero-order valence-corrected chi connectivity index (χ0v) is 17.9. The number of anilines is 1. The Bertz CT molecular complexity index is 763. The van der Waals surface area contributed by atoms with Gasteiger partial charge in [0, 0.05) is 30.9 Å². The number of hydrogen-bond donors (Lipinski definition) is 2. The number of piperidine rings is 2. The van der Waals surface area contributed by atoms with E-state index in [0.717, 1.165) is 75.6 Å². The molecule has 0 bridgehead atoms.